The van der Waals surface area contributed by atoms with Gasteiger partial charge in [-0.1, -0.05) is 0 Å². The standard InChI is InChI=1S/C23H26N6O3S.ClH/c1-27-12-4-5-16(14-27)22(30)26-24-13-19-21(15-8-10-17(11-9-15)29(31)32)25-23-28(19)18-6-2-3-7-20(18)33-23;/h8-11,13,16H,2-7,12,14H2,1H3,(H,26,30);1H/b24-13+;. The Kier molecular flexibility index (Phi) is 7.30. The van der Waals surface area contributed by atoms with Crippen molar-refractivity contribution in [3.05, 3.63) is 50.6 Å². The molecule has 9 nitrogen and oxygen atoms in total. The molecule has 1 aromatic carbocycles. The highest BCUT2D eigenvalue weighted by atomic mass is 35.5. The van der Waals surface area contributed by atoms with Crippen LogP contribution < -0.4 is 5.43 Å². The molecule has 0 radical (unpaired) electrons. The zero-order valence-electron chi connectivity index (χ0n) is 18.9. The van der Waals surface area contributed by atoms with Crippen molar-refractivity contribution in [2.24, 2.45) is 11.0 Å². The predicted molar refractivity (Wildman–Crippen MR) is 135 cm³/mol. The van der Waals surface area contributed by atoms with Gasteiger partial charge in [-0.15, -0.1) is 23.7 Å². The smallest absolute Gasteiger partial charge is 0.269 e. The second kappa shape index (κ2) is 10.2. The third kappa shape index (κ3) is 4.70. The average molecular weight is 503 g/mol. The van der Waals surface area contributed by atoms with Crippen LogP contribution in [0.5, 0.6) is 0 Å². The van der Waals surface area contributed by atoms with E-state index in [2.05, 4.69) is 19.8 Å². The van der Waals surface area contributed by atoms with Crippen molar-refractivity contribution < 1.29 is 9.72 Å². The van der Waals surface area contributed by atoms with E-state index in [4.69, 9.17) is 4.98 Å². The van der Waals surface area contributed by atoms with Crippen LogP contribution in [0.1, 0.15) is 41.9 Å². The number of aryl methyl sites for hydroxylation is 2. The third-order valence-electron chi connectivity index (χ3n) is 6.46. The van der Waals surface area contributed by atoms with Crippen LogP contribution in [0.3, 0.4) is 0 Å². The molecule has 180 valence electrons. The highest BCUT2D eigenvalue weighted by Crippen LogP contribution is 2.34. The summed E-state index contributed by atoms with van der Waals surface area (Å²) in [4.78, 5) is 32.5. The number of halogens is 1. The first-order valence-corrected chi connectivity index (χ1v) is 12.1. The molecule has 1 aliphatic heterocycles. The van der Waals surface area contributed by atoms with E-state index < -0.39 is 4.92 Å². The van der Waals surface area contributed by atoms with E-state index in [-0.39, 0.29) is 29.9 Å². The minimum Gasteiger partial charge on any atom is -0.306 e. The van der Waals surface area contributed by atoms with E-state index in [0.717, 1.165) is 61.4 Å². The number of hydrogen-bond donors (Lipinski definition) is 1. The number of piperidine rings is 1. The highest BCUT2D eigenvalue weighted by molar-refractivity contribution is 7.17. The lowest BCUT2D eigenvalue weighted by Crippen LogP contribution is -2.40. The Labute approximate surface area is 207 Å². The molecule has 1 amide bonds. The normalized spacial score (nSPS) is 18.6. The summed E-state index contributed by atoms with van der Waals surface area (Å²) in [6.45, 7) is 1.76. The summed E-state index contributed by atoms with van der Waals surface area (Å²) in [7, 11) is 2.03. The van der Waals surface area contributed by atoms with Gasteiger partial charge in [0.1, 0.15) is 0 Å². The van der Waals surface area contributed by atoms with Crippen molar-refractivity contribution in [1.82, 2.24) is 19.7 Å². The first-order valence-electron chi connectivity index (χ1n) is 11.3. The molecule has 0 saturated carbocycles. The van der Waals surface area contributed by atoms with E-state index >= 15 is 0 Å². The fourth-order valence-corrected chi connectivity index (χ4v) is 5.98. The number of carbonyl (C=O) groups excluding carboxylic acids is 1. The molecule has 1 fully saturated rings. The molecular formula is C23H27ClN6O3S. The number of nitrogens with one attached hydrogen (secondary N) is 1. The number of thiazole rings is 1. The number of benzene rings is 1. The molecule has 1 unspecified atom stereocenters. The van der Waals surface area contributed by atoms with E-state index in [9.17, 15) is 14.9 Å². The largest absolute Gasteiger partial charge is 0.306 e. The van der Waals surface area contributed by atoms with Gasteiger partial charge in [-0.05, 0) is 64.3 Å². The third-order valence-corrected chi connectivity index (χ3v) is 7.61. The van der Waals surface area contributed by atoms with Crippen molar-refractivity contribution in [2.45, 2.75) is 38.5 Å². The molecule has 0 spiro atoms. The second-order valence-corrected chi connectivity index (χ2v) is 9.84. The van der Waals surface area contributed by atoms with Gasteiger partial charge in [0.25, 0.3) is 5.69 Å². The molecule has 2 aromatic heterocycles. The number of rotatable bonds is 5. The van der Waals surface area contributed by atoms with Gasteiger partial charge < -0.3 is 4.90 Å². The number of imidazole rings is 1. The summed E-state index contributed by atoms with van der Waals surface area (Å²) < 4.78 is 2.14. The Balaban J connectivity index is 0.00000274. The monoisotopic (exact) mass is 502 g/mol. The molecule has 1 aliphatic carbocycles. The van der Waals surface area contributed by atoms with E-state index in [1.165, 1.54) is 29.1 Å². The van der Waals surface area contributed by atoms with Crippen LogP contribution in [-0.2, 0) is 17.6 Å². The van der Waals surface area contributed by atoms with E-state index in [1.807, 2.05) is 7.05 Å². The Morgan fingerprint density at radius 2 is 2.03 bits per heavy atom. The fourth-order valence-electron chi connectivity index (χ4n) is 4.76. The number of amides is 1. The van der Waals surface area contributed by atoms with E-state index in [1.54, 1.807) is 29.7 Å². The zero-order chi connectivity index (χ0) is 22.9. The predicted octanol–water partition coefficient (Wildman–Crippen LogP) is 4.06. The molecule has 3 aromatic rings. The van der Waals surface area contributed by atoms with Gasteiger partial charge in [0.2, 0.25) is 5.91 Å². The number of hydrazone groups is 1. The lowest BCUT2D eigenvalue weighted by molar-refractivity contribution is -0.384. The maximum absolute atomic E-state index is 12.6. The number of aromatic nitrogens is 2. The van der Waals surface area contributed by atoms with Crippen LogP contribution in [0.2, 0.25) is 0 Å². The van der Waals surface area contributed by atoms with Gasteiger partial charge >= 0.3 is 0 Å². The molecular weight excluding hydrogens is 476 g/mol. The number of non-ortho nitro benzene ring substituents is 1. The van der Waals surface area contributed by atoms with Crippen molar-refractivity contribution >= 4 is 46.5 Å². The molecule has 1 atom stereocenters. The fraction of sp³-hybridized carbons (Fsp3) is 0.435. The number of likely N-dealkylation sites (tertiary alicyclic amines) is 1. The summed E-state index contributed by atoms with van der Waals surface area (Å²) in [5.41, 5.74) is 6.30. The molecule has 2 aliphatic rings. The van der Waals surface area contributed by atoms with Gasteiger partial charge in [-0.25, -0.2) is 10.4 Å². The zero-order valence-corrected chi connectivity index (χ0v) is 20.5. The molecule has 0 bridgehead atoms. The summed E-state index contributed by atoms with van der Waals surface area (Å²) in [5.74, 6) is -0.128. The summed E-state index contributed by atoms with van der Waals surface area (Å²) in [6, 6.07) is 6.40. The molecule has 1 N–H and O–H groups in total. The minimum absolute atomic E-state index is 0. The van der Waals surface area contributed by atoms with Crippen molar-refractivity contribution in [2.75, 3.05) is 20.1 Å². The topological polar surface area (TPSA) is 105 Å². The first-order chi connectivity index (χ1) is 16.0. The van der Waals surface area contributed by atoms with Crippen LogP contribution in [-0.4, -0.2) is 51.5 Å². The molecule has 34 heavy (non-hydrogen) atoms. The number of hydrogen-bond acceptors (Lipinski definition) is 7. The minimum atomic E-state index is -0.410. The number of nitro benzene ring substituents is 1. The molecule has 1 saturated heterocycles. The van der Waals surface area contributed by atoms with Crippen molar-refractivity contribution in [3.8, 4) is 11.3 Å². The van der Waals surface area contributed by atoms with Crippen LogP contribution in [0.4, 0.5) is 5.69 Å². The van der Waals surface area contributed by atoms with Crippen LogP contribution in [0.25, 0.3) is 16.2 Å². The van der Waals surface area contributed by atoms with Crippen LogP contribution >= 0.6 is 23.7 Å². The van der Waals surface area contributed by atoms with Gasteiger partial charge in [0.05, 0.1) is 28.4 Å². The van der Waals surface area contributed by atoms with Gasteiger partial charge in [-0.2, -0.15) is 5.10 Å². The Morgan fingerprint density at radius 1 is 1.26 bits per heavy atom. The van der Waals surface area contributed by atoms with Gasteiger partial charge in [0, 0.05) is 34.8 Å². The lowest BCUT2D eigenvalue weighted by Gasteiger charge is -2.28. The summed E-state index contributed by atoms with van der Waals surface area (Å²) in [6.07, 6.45) is 7.89. The quantitative estimate of drug-likeness (QED) is 0.322. The summed E-state index contributed by atoms with van der Waals surface area (Å²) >= 11 is 1.69. The Bertz CT molecular complexity index is 1240. The number of nitrogens with zero attached hydrogens (tertiary/aromatic N) is 5. The first kappa shape index (κ1) is 24.3. The molecule has 5 rings (SSSR count). The number of nitro groups is 1. The van der Waals surface area contributed by atoms with Gasteiger partial charge in [0.15, 0.2) is 4.96 Å². The molecule has 3 heterocycles. The number of fused-ring (bicyclic) bond motifs is 3. The maximum atomic E-state index is 12.6. The van der Waals surface area contributed by atoms with Crippen LogP contribution in [0.15, 0.2) is 29.4 Å². The Morgan fingerprint density at radius 3 is 2.76 bits per heavy atom. The van der Waals surface area contributed by atoms with Crippen molar-refractivity contribution in [3.63, 3.8) is 0 Å². The van der Waals surface area contributed by atoms with E-state index in [0.29, 0.717) is 5.69 Å². The number of carbonyl (C=O) groups is 1. The molecule has 11 heteroatoms. The second-order valence-electron chi connectivity index (χ2n) is 8.78. The SMILES string of the molecule is CN1CCCC(C(=O)N/N=C/c2c(-c3ccc([N+](=O)[O-])cc3)nc3sc4c(n23)CCCC4)C1.Cl. The van der Waals surface area contributed by atoms with Crippen molar-refractivity contribution in [1.29, 1.82) is 0 Å². The van der Waals surface area contributed by atoms with Crippen LogP contribution in [0, 0.1) is 16.0 Å². The Hall–Kier alpha value is -2.82. The average Bonchev–Trinajstić information content (AvgIpc) is 3.35. The lowest BCUT2D eigenvalue weighted by atomic mass is 9.98. The maximum Gasteiger partial charge on any atom is 0.269 e. The van der Waals surface area contributed by atoms with Gasteiger partial charge in [-0.3, -0.25) is 19.3 Å². The summed E-state index contributed by atoms with van der Waals surface area (Å²) in [5, 5.41) is 15.4. The highest BCUT2D eigenvalue weighted by Gasteiger charge is 2.25.